The molecule has 5 aromatic carbocycles. The third-order valence-corrected chi connectivity index (χ3v) is 8.88. The van der Waals surface area contributed by atoms with Gasteiger partial charge in [0.1, 0.15) is 0 Å². The van der Waals surface area contributed by atoms with Crippen LogP contribution in [0.3, 0.4) is 0 Å². The molecule has 2 aliphatic carbocycles. The second-order valence-electron chi connectivity index (χ2n) is 9.26. The van der Waals surface area contributed by atoms with Gasteiger partial charge in [-0.1, -0.05) is 117 Å². The Bertz CT molecular complexity index is 1690. The Morgan fingerprint density at radius 3 is 2.24 bits per heavy atom. The van der Waals surface area contributed by atoms with E-state index in [9.17, 15) is 0 Å². The van der Waals surface area contributed by atoms with E-state index in [0.717, 1.165) is 8.95 Å². The minimum absolute atomic E-state index is 0.402. The van der Waals surface area contributed by atoms with E-state index in [0.29, 0.717) is 0 Å². The Morgan fingerprint density at radius 2 is 1.35 bits per heavy atom. The van der Waals surface area contributed by atoms with Gasteiger partial charge in [0, 0.05) is 8.95 Å². The molecule has 34 heavy (non-hydrogen) atoms. The van der Waals surface area contributed by atoms with Crippen molar-refractivity contribution in [3.8, 4) is 11.1 Å². The smallest absolute Gasteiger partial charge is 0.0619 e. The molecule has 0 nitrogen and oxygen atoms in total. The molecule has 7 rings (SSSR count). The minimum atomic E-state index is -0.402. The van der Waals surface area contributed by atoms with Gasteiger partial charge in [0.2, 0.25) is 0 Å². The SMILES string of the molecule is Cc1cc2c(cc1Br)C1(c3ccc(Br)cc3C=C2)c2ccccc2-c2c1ccc1ccccc21. The Kier molecular flexibility index (Phi) is 4.37. The average molecular weight is 564 g/mol. The second-order valence-corrected chi connectivity index (χ2v) is 11.0. The van der Waals surface area contributed by atoms with Crippen molar-refractivity contribution in [3.63, 3.8) is 0 Å². The number of hydrogen-bond donors (Lipinski definition) is 0. The highest BCUT2D eigenvalue weighted by Crippen LogP contribution is 2.60. The molecule has 2 aliphatic rings. The van der Waals surface area contributed by atoms with E-state index in [1.54, 1.807) is 0 Å². The lowest BCUT2D eigenvalue weighted by molar-refractivity contribution is 0.765. The molecule has 0 N–H and O–H groups in total. The van der Waals surface area contributed by atoms with Gasteiger partial charge in [-0.05, 0) is 86.0 Å². The fourth-order valence-electron chi connectivity index (χ4n) is 6.13. The quantitative estimate of drug-likeness (QED) is 0.172. The van der Waals surface area contributed by atoms with Crippen molar-refractivity contribution < 1.29 is 0 Å². The maximum absolute atomic E-state index is 3.87. The van der Waals surface area contributed by atoms with Gasteiger partial charge in [0.25, 0.3) is 0 Å². The van der Waals surface area contributed by atoms with Gasteiger partial charge >= 0.3 is 0 Å². The summed E-state index contributed by atoms with van der Waals surface area (Å²) in [4.78, 5) is 0. The fourth-order valence-corrected chi connectivity index (χ4v) is 6.85. The Labute approximate surface area is 216 Å². The van der Waals surface area contributed by atoms with Crippen LogP contribution in [-0.4, -0.2) is 0 Å². The van der Waals surface area contributed by atoms with E-state index < -0.39 is 5.41 Å². The summed E-state index contributed by atoms with van der Waals surface area (Å²) in [6, 6.07) is 33.9. The molecule has 0 fully saturated rings. The van der Waals surface area contributed by atoms with Crippen molar-refractivity contribution in [2.75, 3.05) is 0 Å². The summed E-state index contributed by atoms with van der Waals surface area (Å²) in [6.45, 7) is 2.17. The Balaban J connectivity index is 1.75. The first kappa shape index (κ1) is 20.4. The fraction of sp³-hybridized carbons (Fsp3) is 0.0625. The first-order chi connectivity index (χ1) is 16.6. The maximum Gasteiger partial charge on any atom is 0.0725 e. The molecule has 1 spiro atoms. The Morgan fingerprint density at radius 1 is 0.618 bits per heavy atom. The topological polar surface area (TPSA) is 0 Å². The number of halogens is 2. The summed E-state index contributed by atoms with van der Waals surface area (Å²) in [7, 11) is 0. The van der Waals surface area contributed by atoms with Crippen LogP contribution in [0.25, 0.3) is 34.1 Å². The highest BCUT2D eigenvalue weighted by Gasteiger charge is 2.49. The zero-order valence-electron chi connectivity index (χ0n) is 18.6. The zero-order chi connectivity index (χ0) is 23.0. The maximum atomic E-state index is 3.87. The highest BCUT2D eigenvalue weighted by molar-refractivity contribution is 9.10. The molecule has 5 aromatic rings. The number of rotatable bonds is 0. The molecule has 0 aromatic heterocycles. The van der Waals surface area contributed by atoms with Gasteiger partial charge in [0.15, 0.2) is 0 Å². The Hall–Kier alpha value is -2.94. The molecule has 0 bridgehead atoms. The minimum Gasteiger partial charge on any atom is -0.0619 e. The van der Waals surface area contributed by atoms with Crippen molar-refractivity contribution in [2.24, 2.45) is 0 Å². The molecule has 0 saturated heterocycles. The number of fused-ring (bicyclic) bond motifs is 11. The van der Waals surface area contributed by atoms with E-state index in [1.807, 2.05) is 0 Å². The number of aryl methyl sites for hydroxylation is 1. The lowest BCUT2D eigenvalue weighted by Gasteiger charge is -2.35. The standard InChI is InChI=1S/C32H20Br2/c1-19-16-21-10-11-22-17-23(33)13-15-26(22)32(29(21)18-30(19)34)27-9-5-4-8-25(27)31-24-7-3-2-6-20(24)12-14-28(31)32/h2-18H,1H3. The van der Waals surface area contributed by atoms with E-state index in [1.165, 1.54) is 60.8 Å². The lowest BCUT2D eigenvalue weighted by atomic mass is 9.66. The first-order valence-corrected chi connectivity index (χ1v) is 13.1. The molecule has 0 saturated carbocycles. The summed E-state index contributed by atoms with van der Waals surface area (Å²) in [6.07, 6.45) is 4.57. The molecular weight excluding hydrogens is 544 g/mol. The lowest BCUT2D eigenvalue weighted by Crippen LogP contribution is -2.30. The molecular formula is C32H20Br2. The van der Waals surface area contributed by atoms with Crippen LogP contribution < -0.4 is 0 Å². The van der Waals surface area contributed by atoms with Crippen molar-refractivity contribution in [1.82, 2.24) is 0 Å². The third-order valence-electron chi connectivity index (χ3n) is 7.53. The van der Waals surface area contributed by atoms with Gasteiger partial charge < -0.3 is 0 Å². The van der Waals surface area contributed by atoms with Gasteiger partial charge in [-0.2, -0.15) is 0 Å². The van der Waals surface area contributed by atoms with Crippen LogP contribution in [0.15, 0.2) is 99.9 Å². The van der Waals surface area contributed by atoms with E-state index >= 15 is 0 Å². The third kappa shape index (κ3) is 2.59. The average Bonchev–Trinajstić information content (AvgIpc) is 3.08. The molecule has 0 amide bonds. The van der Waals surface area contributed by atoms with Crippen LogP contribution >= 0.6 is 31.9 Å². The summed E-state index contributed by atoms with van der Waals surface area (Å²) in [5, 5.41) is 2.59. The molecule has 1 unspecified atom stereocenters. The predicted octanol–water partition coefficient (Wildman–Crippen LogP) is 9.52. The largest absolute Gasteiger partial charge is 0.0725 e. The summed E-state index contributed by atoms with van der Waals surface area (Å²) >= 11 is 7.60. The molecule has 0 aliphatic heterocycles. The molecule has 0 heterocycles. The monoisotopic (exact) mass is 562 g/mol. The number of benzene rings is 5. The van der Waals surface area contributed by atoms with Crippen LogP contribution in [0.1, 0.15) is 38.9 Å². The van der Waals surface area contributed by atoms with Crippen molar-refractivity contribution in [3.05, 3.63) is 139 Å². The molecule has 162 valence electrons. The van der Waals surface area contributed by atoms with Gasteiger partial charge in [-0.3, -0.25) is 0 Å². The van der Waals surface area contributed by atoms with Crippen molar-refractivity contribution in [1.29, 1.82) is 0 Å². The molecule has 0 radical (unpaired) electrons. The molecule has 1 atom stereocenters. The second kappa shape index (κ2) is 7.28. The van der Waals surface area contributed by atoms with Crippen molar-refractivity contribution in [2.45, 2.75) is 12.3 Å². The predicted molar refractivity (Wildman–Crippen MR) is 150 cm³/mol. The molecule has 2 heteroatoms. The van der Waals surface area contributed by atoms with E-state index in [2.05, 4.69) is 142 Å². The normalized spacial score (nSPS) is 17.3. The van der Waals surface area contributed by atoms with Crippen LogP contribution in [-0.2, 0) is 5.41 Å². The van der Waals surface area contributed by atoms with Gasteiger partial charge in [-0.25, -0.2) is 0 Å². The summed E-state index contributed by atoms with van der Waals surface area (Å²) in [5.41, 5.74) is 11.4. The highest BCUT2D eigenvalue weighted by atomic mass is 79.9. The van der Waals surface area contributed by atoms with Crippen LogP contribution in [0.4, 0.5) is 0 Å². The first-order valence-electron chi connectivity index (χ1n) is 11.5. The zero-order valence-corrected chi connectivity index (χ0v) is 21.7. The summed E-state index contributed by atoms with van der Waals surface area (Å²) in [5.74, 6) is 0. The van der Waals surface area contributed by atoms with Gasteiger partial charge in [-0.15, -0.1) is 0 Å². The van der Waals surface area contributed by atoms with E-state index in [4.69, 9.17) is 0 Å². The van der Waals surface area contributed by atoms with Gasteiger partial charge in [0.05, 0.1) is 5.41 Å². The number of hydrogen-bond acceptors (Lipinski definition) is 0. The van der Waals surface area contributed by atoms with Crippen molar-refractivity contribution >= 4 is 54.8 Å². The van der Waals surface area contributed by atoms with E-state index in [-0.39, 0.29) is 0 Å². The summed E-state index contributed by atoms with van der Waals surface area (Å²) < 4.78 is 2.24. The van der Waals surface area contributed by atoms with Crippen LogP contribution in [0.5, 0.6) is 0 Å². The van der Waals surface area contributed by atoms with Crippen LogP contribution in [0.2, 0.25) is 0 Å². The van der Waals surface area contributed by atoms with Crippen LogP contribution in [0, 0.1) is 6.92 Å².